The van der Waals surface area contributed by atoms with Crippen LogP contribution >= 0.6 is 0 Å². The first kappa shape index (κ1) is 20.9. The highest BCUT2D eigenvalue weighted by Crippen LogP contribution is 2.25. The topological polar surface area (TPSA) is 88.9 Å². The number of phenols is 1. The van der Waals surface area contributed by atoms with Gasteiger partial charge in [-0.1, -0.05) is 54.6 Å². The molecule has 0 spiro atoms. The normalized spacial score (nSPS) is 10.5. The van der Waals surface area contributed by atoms with E-state index in [1.165, 1.54) is 18.2 Å². The number of carbonyl (C=O) groups is 1. The number of hydrogen-bond acceptors (Lipinski definition) is 5. The van der Waals surface area contributed by atoms with E-state index in [-0.39, 0.29) is 17.9 Å². The van der Waals surface area contributed by atoms with Crippen molar-refractivity contribution in [2.75, 3.05) is 0 Å². The summed E-state index contributed by atoms with van der Waals surface area (Å²) in [6, 6.07) is 27.4. The van der Waals surface area contributed by atoms with Crippen molar-refractivity contribution in [3.05, 3.63) is 108 Å². The van der Waals surface area contributed by atoms with Gasteiger partial charge >= 0.3 is 5.97 Å². The van der Waals surface area contributed by atoms with Crippen molar-refractivity contribution >= 4 is 5.97 Å². The van der Waals surface area contributed by atoms with Crippen LogP contribution in [0, 0.1) is 0 Å². The molecule has 0 atom stereocenters. The molecule has 0 amide bonds. The monoisotopic (exact) mass is 427 g/mol. The highest BCUT2D eigenvalue weighted by molar-refractivity contribution is 5.91. The molecule has 1 heterocycles. The lowest BCUT2D eigenvalue weighted by Gasteiger charge is -2.10. The van der Waals surface area contributed by atoms with Gasteiger partial charge in [-0.2, -0.15) is 0 Å². The minimum atomic E-state index is -1.21. The zero-order chi connectivity index (χ0) is 22.3. The van der Waals surface area contributed by atoms with E-state index in [2.05, 4.69) is 4.98 Å². The van der Waals surface area contributed by atoms with Crippen LogP contribution in [0.5, 0.6) is 17.4 Å². The highest BCUT2D eigenvalue weighted by Gasteiger charge is 2.11. The second-order valence-corrected chi connectivity index (χ2v) is 7.11. The largest absolute Gasteiger partial charge is 0.507 e. The van der Waals surface area contributed by atoms with Crippen LogP contribution in [0.2, 0.25) is 0 Å². The van der Waals surface area contributed by atoms with Crippen molar-refractivity contribution < 1.29 is 24.5 Å². The molecule has 0 fully saturated rings. The van der Waals surface area contributed by atoms with Crippen molar-refractivity contribution in [2.24, 2.45) is 0 Å². The minimum absolute atomic E-state index is 0.201. The molecule has 6 heteroatoms. The van der Waals surface area contributed by atoms with Gasteiger partial charge in [-0.15, -0.1) is 0 Å². The van der Waals surface area contributed by atoms with Crippen LogP contribution in [0.4, 0.5) is 0 Å². The van der Waals surface area contributed by atoms with E-state index in [1.807, 2.05) is 72.8 Å². The molecule has 0 radical (unpaired) electrons. The number of ether oxygens (including phenoxy) is 2. The van der Waals surface area contributed by atoms with E-state index in [9.17, 15) is 9.90 Å². The van der Waals surface area contributed by atoms with Crippen molar-refractivity contribution in [3.8, 4) is 28.6 Å². The summed E-state index contributed by atoms with van der Waals surface area (Å²) in [7, 11) is 0. The zero-order valence-electron chi connectivity index (χ0n) is 17.1. The molecule has 4 rings (SSSR count). The molecule has 160 valence electrons. The maximum atomic E-state index is 11.2. The predicted octanol–water partition coefficient (Wildman–Crippen LogP) is 5.31. The molecule has 0 bridgehead atoms. The van der Waals surface area contributed by atoms with Gasteiger partial charge in [-0.3, -0.25) is 0 Å². The van der Waals surface area contributed by atoms with Crippen LogP contribution in [-0.2, 0) is 13.2 Å². The number of carboxylic acid groups (broad SMARTS) is 1. The molecule has 6 nitrogen and oxygen atoms in total. The number of rotatable bonds is 8. The number of aromatic nitrogens is 1. The van der Waals surface area contributed by atoms with Gasteiger partial charge < -0.3 is 19.7 Å². The smallest absolute Gasteiger partial charge is 0.339 e. The summed E-state index contributed by atoms with van der Waals surface area (Å²) in [5.74, 6) is -0.610. The number of aromatic hydroxyl groups is 1. The Labute approximate surface area is 185 Å². The predicted molar refractivity (Wildman–Crippen MR) is 120 cm³/mol. The highest BCUT2D eigenvalue weighted by atomic mass is 16.5. The number of nitrogens with zero attached hydrogens (tertiary/aromatic N) is 1. The third-order valence-electron chi connectivity index (χ3n) is 4.78. The molecule has 32 heavy (non-hydrogen) atoms. The number of pyridine rings is 1. The Bertz CT molecular complexity index is 1220. The Hall–Kier alpha value is -4.32. The van der Waals surface area contributed by atoms with E-state index < -0.39 is 5.97 Å². The Morgan fingerprint density at radius 3 is 2.34 bits per heavy atom. The van der Waals surface area contributed by atoms with Gasteiger partial charge in [0.15, 0.2) is 0 Å². The van der Waals surface area contributed by atoms with E-state index in [0.717, 1.165) is 22.4 Å². The molecule has 0 aliphatic carbocycles. The third-order valence-corrected chi connectivity index (χ3v) is 4.78. The van der Waals surface area contributed by atoms with Gasteiger partial charge in [0.25, 0.3) is 0 Å². The summed E-state index contributed by atoms with van der Waals surface area (Å²) in [4.78, 5) is 15.8. The average molecular weight is 427 g/mol. The molecule has 1 aromatic heterocycles. The molecule has 0 aliphatic rings. The molecular weight excluding hydrogens is 406 g/mol. The SMILES string of the molecule is O=C(O)c1cc(OCc2cccc(-c3cccc(OCc4ccccc4)n3)c2)ccc1O. The number of hydrogen-bond donors (Lipinski definition) is 2. The van der Waals surface area contributed by atoms with Crippen molar-refractivity contribution in [3.63, 3.8) is 0 Å². The maximum absolute atomic E-state index is 11.2. The summed E-state index contributed by atoms with van der Waals surface area (Å²) in [5.41, 5.74) is 3.44. The van der Waals surface area contributed by atoms with Gasteiger partial charge in [-0.25, -0.2) is 9.78 Å². The van der Waals surface area contributed by atoms with E-state index >= 15 is 0 Å². The molecule has 4 aromatic rings. The van der Waals surface area contributed by atoms with Gasteiger partial charge in [0.2, 0.25) is 5.88 Å². The quantitative estimate of drug-likeness (QED) is 0.396. The van der Waals surface area contributed by atoms with Crippen LogP contribution in [0.25, 0.3) is 11.3 Å². The molecule has 3 aromatic carbocycles. The third kappa shape index (κ3) is 5.23. The van der Waals surface area contributed by atoms with Crippen molar-refractivity contribution in [2.45, 2.75) is 13.2 Å². The lowest BCUT2D eigenvalue weighted by molar-refractivity contribution is 0.0693. The lowest BCUT2D eigenvalue weighted by Crippen LogP contribution is -2.00. The Kier molecular flexibility index (Phi) is 6.32. The first-order chi connectivity index (χ1) is 15.6. The first-order valence-electron chi connectivity index (χ1n) is 10.0. The Balaban J connectivity index is 1.45. The van der Waals surface area contributed by atoms with Crippen molar-refractivity contribution in [1.29, 1.82) is 0 Å². The fourth-order valence-corrected chi connectivity index (χ4v) is 3.15. The Morgan fingerprint density at radius 2 is 1.53 bits per heavy atom. The summed E-state index contributed by atoms with van der Waals surface area (Å²) in [6.07, 6.45) is 0. The van der Waals surface area contributed by atoms with Gasteiger partial charge in [-0.05, 0) is 41.5 Å². The number of benzene rings is 3. The van der Waals surface area contributed by atoms with E-state index in [4.69, 9.17) is 14.6 Å². The summed E-state index contributed by atoms with van der Waals surface area (Å²) in [5, 5.41) is 18.8. The molecular formula is C26H21NO5. The van der Waals surface area contributed by atoms with Gasteiger partial charge in [0, 0.05) is 11.6 Å². The van der Waals surface area contributed by atoms with Crippen molar-refractivity contribution in [1.82, 2.24) is 4.98 Å². The average Bonchev–Trinajstić information content (AvgIpc) is 2.83. The molecule has 0 aliphatic heterocycles. The number of carboxylic acids is 1. The molecule has 0 unspecified atom stereocenters. The Morgan fingerprint density at radius 1 is 0.781 bits per heavy atom. The molecule has 0 saturated carbocycles. The summed E-state index contributed by atoms with van der Waals surface area (Å²) >= 11 is 0. The molecule has 0 saturated heterocycles. The first-order valence-corrected chi connectivity index (χ1v) is 10.0. The van der Waals surface area contributed by atoms with Gasteiger partial charge in [0.1, 0.15) is 30.3 Å². The van der Waals surface area contributed by atoms with E-state index in [0.29, 0.717) is 18.2 Å². The maximum Gasteiger partial charge on any atom is 0.339 e. The fourth-order valence-electron chi connectivity index (χ4n) is 3.15. The molecule has 2 N–H and O–H groups in total. The van der Waals surface area contributed by atoms with Crippen LogP contribution in [0.3, 0.4) is 0 Å². The van der Waals surface area contributed by atoms with Gasteiger partial charge in [0.05, 0.1) is 5.69 Å². The summed E-state index contributed by atoms with van der Waals surface area (Å²) in [6.45, 7) is 0.679. The van der Waals surface area contributed by atoms with Crippen LogP contribution in [0.15, 0.2) is 91.0 Å². The minimum Gasteiger partial charge on any atom is -0.507 e. The number of aromatic carboxylic acids is 1. The summed E-state index contributed by atoms with van der Waals surface area (Å²) < 4.78 is 11.5. The fraction of sp³-hybridized carbons (Fsp3) is 0.0769. The second-order valence-electron chi connectivity index (χ2n) is 7.11. The van der Waals surface area contributed by atoms with Crippen LogP contribution < -0.4 is 9.47 Å². The van der Waals surface area contributed by atoms with Crippen LogP contribution in [0.1, 0.15) is 21.5 Å². The van der Waals surface area contributed by atoms with Crippen LogP contribution in [-0.4, -0.2) is 21.2 Å². The second kappa shape index (κ2) is 9.66. The standard InChI is InChI=1S/C26H21NO5/c28-24-13-12-21(15-22(24)26(29)30)31-17-19-8-4-9-20(14-19)23-10-5-11-25(27-23)32-16-18-6-2-1-3-7-18/h1-15,28H,16-17H2,(H,29,30). The lowest BCUT2D eigenvalue weighted by atomic mass is 10.1. The zero-order valence-corrected chi connectivity index (χ0v) is 17.1. The van der Waals surface area contributed by atoms with E-state index in [1.54, 1.807) is 0 Å².